The topological polar surface area (TPSA) is 86.7 Å². The van der Waals surface area contributed by atoms with Crippen LogP contribution in [-0.2, 0) is 28.7 Å². The Morgan fingerprint density at radius 3 is 1.37 bits per heavy atom. The zero-order valence-corrected chi connectivity index (χ0v) is 11.6. The van der Waals surface area contributed by atoms with Gasteiger partial charge < -0.3 is 9.47 Å². The number of ether oxygens (including phenoxy) is 2. The van der Waals surface area contributed by atoms with Gasteiger partial charge in [0.1, 0.15) is 37.6 Å². The summed E-state index contributed by atoms with van der Waals surface area (Å²) in [4.78, 5) is 42.7. The molecule has 0 unspecified atom stereocenters. The van der Waals surface area contributed by atoms with Gasteiger partial charge in [0.25, 0.3) is 0 Å². The normalized spacial score (nSPS) is 8.58. The molecule has 6 heteroatoms. The third kappa shape index (κ3) is 18.6. The molecule has 0 aromatic heterocycles. The number of carbonyl (C=O) groups is 4. The van der Waals surface area contributed by atoms with Crippen molar-refractivity contribution in [1.29, 1.82) is 0 Å². The summed E-state index contributed by atoms with van der Waals surface area (Å²) < 4.78 is 9.17. The number of rotatable bonds is 7. The van der Waals surface area contributed by atoms with Crippen LogP contribution >= 0.6 is 0 Å². The lowest BCUT2D eigenvalue weighted by Gasteiger charge is -2.04. The summed E-state index contributed by atoms with van der Waals surface area (Å²) in [6, 6.07) is 0. The fourth-order valence-corrected chi connectivity index (χ4v) is 0.820. The maximum atomic E-state index is 10.8. The Hall–Kier alpha value is -1.98. The molecule has 0 rings (SSSR count). The van der Waals surface area contributed by atoms with Gasteiger partial charge >= 0.3 is 11.9 Å². The molecule has 0 saturated heterocycles. The molecule has 0 amide bonds. The molecule has 0 aromatic carbocycles. The van der Waals surface area contributed by atoms with E-state index >= 15 is 0 Å². The molecular weight excluding hydrogens is 252 g/mol. The molecule has 19 heavy (non-hydrogen) atoms. The molecule has 0 aliphatic rings. The number of carbonyl (C=O) groups excluding carboxylic acids is 4. The number of Topliss-reactive ketones (excluding diaryl/α,β-unsaturated/α-hetero) is 2. The Balaban J connectivity index is 0. The summed E-state index contributed by atoms with van der Waals surface area (Å²) in [6.07, 6.45) is 1.17. The van der Waals surface area contributed by atoms with Crippen molar-refractivity contribution < 1.29 is 28.7 Å². The molecule has 6 nitrogen and oxygen atoms in total. The van der Waals surface area contributed by atoms with Crippen molar-refractivity contribution in [2.45, 2.75) is 33.6 Å². The van der Waals surface area contributed by atoms with Crippen molar-refractivity contribution in [1.82, 2.24) is 0 Å². The number of allylic oxidation sites excluding steroid dienone is 1. The van der Waals surface area contributed by atoms with E-state index in [1.807, 2.05) is 6.92 Å². The second-order valence-corrected chi connectivity index (χ2v) is 3.61. The molecule has 0 fully saturated rings. The number of esters is 2. The van der Waals surface area contributed by atoms with Crippen LogP contribution in [0.4, 0.5) is 0 Å². The van der Waals surface area contributed by atoms with Crippen LogP contribution in [0.25, 0.3) is 0 Å². The van der Waals surface area contributed by atoms with Crippen LogP contribution < -0.4 is 0 Å². The van der Waals surface area contributed by atoms with Gasteiger partial charge in [0, 0.05) is 0 Å². The van der Waals surface area contributed by atoms with E-state index in [0.29, 0.717) is 0 Å². The van der Waals surface area contributed by atoms with Crippen LogP contribution in [0.15, 0.2) is 12.7 Å². The Labute approximate surface area is 112 Å². The quantitative estimate of drug-likeness (QED) is 0.300. The highest BCUT2D eigenvalue weighted by Gasteiger charge is 2.08. The first-order valence-corrected chi connectivity index (χ1v) is 5.70. The first-order chi connectivity index (χ1) is 8.83. The minimum Gasteiger partial charge on any atom is -0.462 e. The average molecular weight is 272 g/mol. The fourth-order valence-electron chi connectivity index (χ4n) is 0.820. The highest BCUT2D eigenvalue weighted by molar-refractivity contribution is 5.94. The van der Waals surface area contributed by atoms with Gasteiger partial charge in [-0.1, -0.05) is 6.08 Å². The highest BCUT2D eigenvalue weighted by atomic mass is 16.6. The van der Waals surface area contributed by atoms with Crippen LogP contribution in [0.1, 0.15) is 33.6 Å². The smallest absolute Gasteiger partial charge is 0.313 e. The summed E-state index contributed by atoms with van der Waals surface area (Å²) >= 11 is 0. The third-order valence-corrected chi connectivity index (χ3v) is 1.40. The molecule has 0 aliphatic heterocycles. The second kappa shape index (κ2) is 12.5. The standard InChI is InChI=1S/C10H14O6.C3H6/c1-7(11)5-9(13)15-3-4-16-10(14)6-8(2)12;1-3-2/h3-6H2,1-2H3;3H,1H2,2H3. The molecule has 0 heterocycles. The van der Waals surface area contributed by atoms with Crippen molar-refractivity contribution in [2.75, 3.05) is 13.2 Å². The van der Waals surface area contributed by atoms with E-state index in [9.17, 15) is 19.2 Å². The van der Waals surface area contributed by atoms with Crippen molar-refractivity contribution in [2.24, 2.45) is 0 Å². The molecular formula is C13H20O6. The average Bonchev–Trinajstić information content (AvgIpc) is 2.23. The van der Waals surface area contributed by atoms with E-state index in [2.05, 4.69) is 16.1 Å². The monoisotopic (exact) mass is 272 g/mol. The maximum absolute atomic E-state index is 10.8. The Kier molecular flexibility index (Phi) is 12.7. The summed E-state index contributed by atoms with van der Waals surface area (Å²) in [5.41, 5.74) is 0. The Morgan fingerprint density at radius 2 is 1.16 bits per heavy atom. The van der Waals surface area contributed by atoms with E-state index in [1.165, 1.54) is 13.8 Å². The van der Waals surface area contributed by atoms with Gasteiger partial charge in [-0.05, 0) is 20.8 Å². The zero-order chi connectivity index (χ0) is 15.3. The molecule has 108 valence electrons. The highest BCUT2D eigenvalue weighted by Crippen LogP contribution is 1.91. The van der Waals surface area contributed by atoms with Gasteiger partial charge in [-0.2, -0.15) is 0 Å². The molecule has 0 N–H and O–H groups in total. The van der Waals surface area contributed by atoms with Crippen LogP contribution in [0.5, 0.6) is 0 Å². The summed E-state index contributed by atoms with van der Waals surface area (Å²) in [7, 11) is 0. The molecule has 0 spiro atoms. The molecule has 0 radical (unpaired) electrons. The lowest BCUT2D eigenvalue weighted by molar-refractivity contribution is -0.154. The lowest BCUT2D eigenvalue weighted by atomic mass is 10.3. The van der Waals surface area contributed by atoms with E-state index in [1.54, 1.807) is 6.08 Å². The van der Waals surface area contributed by atoms with Crippen molar-refractivity contribution in [3.8, 4) is 0 Å². The Bertz CT molecular complexity index is 302. The van der Waals surface area contributed by atoms with Gasteiger partial charge in [0.05, 0.1) is 0 Å². The van der Waals surface area contributed by atoms with Crippen molar-refractivity contribution >= 4 is 23.5 Å². The van der Waals surface area contributed by atoms with Crippen molar-refractivity contribution in [3.63, 3.8) is 0 Å². The van der Waals surface area contributed by atoms with Gasteiger partial charge in [-0.3, -0.25) is 19.2 Å². The minimum atomic E-state index is -0.657. The van der Waals surface area contributed by atoms with Crippen molar-refractivity contribution in [3.05, 3.63) is 12.7 Å². The molecule has 0 aliphatic carbocycles. The SMILES string of the molecule is C=CC.CC(=O)CC(=O)OCCOC(=O)CC(C)=O. The number of hydrogen-bond donors (Lipinski definition) is 0. The maximum Gasteiger partial charge on any atom is 0.313 e. The summed E-state index contributed by atoms with van der Waals surface area (Å²) in [5, 5.41) is 0. The zero-order valence-electron chi connectivity index (χ0n) is 11.6. The van der Waals surface area contributed by atoms with Gasteiger partial charge in [-0.25, -0.2) is 0 Å². The van der Waals surface area contributed by atoms with Crippen LogP contribution in [-0.4, -0.2) is 36.7 Å². The van der Waals surface area contributed by atoms with E-state index in [0.717, 1.165) is 0 Å². The van der Waals surface area contributed by atoms with E-state index in [-0.39, 0.29) is 37.6 Å². The van der Waals surface area contributed by atoms with Crippen LogP contribution in [0.3, 0.4) is 0 Å². The predicted octanol–water partition coefficient (Wildman–Crippen LogP) is 1.22. The third-order valence-electron chi connectivity index (χ3n) is 1.40. The first kappa shape index (κ1) is 19.4. The number of hydrogen-bond acceptors (Lipinski definition) is 6. The molecule has 0 atom stereocenters. The van der Waals surface area contributed by atoms with E-state index < -0.39 is 11.9 Å². The minimum absolute atomic E-state index is 0.115. The second-order valence-electron chi connectivity index (χ2n) is 3.61. The van der Waals surface area contributed by atoms with Crippen LogP contribution in [0, 0.1) is 0 Å². The van der Waals surface area contributed by atoms with Gasteiger partial charge in [-0.15, -0.1) is 6.58 Å². The number of ketones is 2. The summed E-state index contributed by atoms with van der Waals surface area (Å²) in [5.74, 6) is -1.90. The first-order valence-electron chi connectivity index (χ1n) is 5.70. The molecule has 0 bridgehead atoms. The van der Waals surface area contributed by atoms with Gasteiger partial charge in [0.2, 0.25) is 0 Å². The molecule has 0 saturated carbocycles. The fraction of sp³-hybridized carbons (Fsp3) is 0.538. The lowest BCUT2D eigenvalue weighted by Crippen LogP contribution is -2.16. The summed E-state index contributed by atoms with van der Waals surface area (Å²) in [6.45, 7) is 7.56. The van der Waals surface area contributed by atoms with E-state index in [4.69, 9.17) is 0 Å². The predicted molar refractivity (Wildman–Crippen MR) is 68.4 cm³/mol. The van der Waals surface area contributed by atoms with Crippen LogP contribution in [0.2, 0.25) is 0 Å². The largest absolute Gasteiger partial charge is 0.462 e. The Morgan fingerprint density at radius 1 is 0.895 bits per heavy atom. The molecule has 0 aromatic rings. The van der Waals surface area contributed by atoms with Gasteiger partial charge in [0.15, 0.2) is 0 Å².